The molecule has 0 radical (unpaired) electrons. The number of aliphatic hydroxyl groups excluding tert-OH is 2. The lowest BCUT2D eigenvalue weighted by Gasteiger charge is -2.41. The number of aromatic nitrogens is 4. The Kier molecular flexibility index (Phi) is 10.9. The highest BCUT2D eigenvalue weighted by atomic mass is 32.1. The summed E-state index contributed by atoms with van der Waals surface area (Å²) < 4.78 is 12.3. The summed E-state index contributed by atoms with van der Waals surface area (Å²) in [4.78, 5) is 51.5. The van der Waals surface area contributed by atoms with Crippen molar-refractivity contribution in [1.29, 1.82) is 0 Å². The SMILES string of the molecule is C=Cc1cn[nH]c1C(=O)Nc1sc2c(c1C(N)=O)CC(C)(C)OC2(C)C.CC1(C)Cc2c(sc(NC(=O)c3[nH]ncc3C(O)CO)c2C(N)=O)C(C)(C)O1. The summed E-state index contributed by atoms with van der Waals surface area (Å²) in [6.07, 6.45) is 4.08. The smallest absolute Gasteiger partial charge is 0.274 e. The normalized spacial score (nSPS) is 17.9. The molecule has 0 fully saturated rings. The number of ether oxygens (including phenoxy) is 2. The number of aliphatic hydroxyl groups is 2. The van der Waals surface area contributed by atoms with Crippen LogP contribution in [0.25, 0.3) is 6.08 Å². The molecule has 0 saturated carbocycles. The maximum Gasteiger partial charge on any atom is 0.274 e. The Labute approximate surface area is 319 Å². The van der Waals surface area contributed by atoms with Crippen LogP contribution in [0.1, 0.15) is 135 Å². The molecule has 1 atom stereocenters. The predicted molar refractivity (Wildman–Crippen MR) is 205 cm³/mol. The summed E-state index contributed by atoms with van der Waals surface area (Å²) in [6.45, 7) is 18.6. The maximum absolute atomic E-state index is 12.7. The second kappa shape index (κ2) is 14.5. The summed E-state index contributed by atoms with van der Waals surface area (Å²) >= 11 is 2.56. The Bertz CT molecular complexity index is 2140. The summed E-state index contributed by atoms with van der Waals surface area (Å²) in [6, 6.07) is 0. The first-order valence-electron chi connectivity index (χ1n) is 17.0. The number of aromatic amines is 2. The Balaban J connectivity index is 0.000000208. The highest BCUT2D eigenvalue weighted by Gasteiger charge is 2.44. The van der Waals surface area contributed by atoms with Crippen molar-refractivity contribution in [2.75, 3.05) is 17.2 Å². The van der Waals surface area contributed by atoms with Gasteiger partial charge in [-0.05, 0) is 66.5 Å². The van der Waals surface area contributed by atoms with Crippen molar-refractivity contribution < 1.29 is 38.9 Å². The van der Waals surface area contributed by atoms with E-state index in [-0.39, 0.29) is 22.5 Å². The zero-order valence-corrected chi connectivity index (χ0v) is 33.0. The lowest BCUT2D eigenvalue weighted by Crippen LogP contribution is -2.42. The molecule has 16 nitrogen and oxygen atoms in total. The molecule has 54 heavy (non-hydrogen) atoms. The van der Waals surface area contributed by atoms with Crippen LogP contribution in [0.15, 0.2) is 19.0 Å². The van der Waals surface area contributed by atoms with Gasteiger partial charge in [-0.25, -0.2) is 0 Å². The minimum absolute atomic E-state index is 0.000757. The number of hydrogen-bond acceptors (Lipinski definition) is 12. The number of nitrogens with one attached hydrogen (secondary N) is 4. The van der Waals surface area contributed by atoms with E-state index in [4.69, 9.17) is 26.0 Å². The van der Waals surface area contributed by atoms with Gasteiger partial charge in [-0.2, -0.15) is 10.2 Å². The summed E-state index contributed by atoms with van der Waals surface area (Å²) in [7, 11) is 0. The van der Waals surface area contributed by atoms with Gasteiger partial charge < -0.3 is 41.8 Å². The van der Waals surface area contributed by atoms with E-state index in [0.717, 1.165) is 20.9 Å². The van der Waals surface area contributed by atoms with Crippen LogP contribution in [0.2, 0.25) is 0 Å². The number of carbonyl (C=O) groups excluding carboxylic acids is 4. The number of primary amides is 2. The van der Waals surface area contributed by atoms with Crippen LogP contribution >= 0.6 is 22.7 Å². The fraction of sp³-hybridized carbons (Fsp3) is 0.444. The first-order chi connectivity index (χ1) is 25.0. The van der Waals surface area contributed by atoms with Gasteiger partial charge in [-0.15, -0.1) is 22.7 Å². The van der Waals surface area contributed by atoms with Gasteiger partial charge in [0.1, 0.15) is 27.5 Å². The van der Waals surface area contributed by atoms with Crippen molar-refractivity contribution in [2.45, 2.75) is 96.7 Å². The molecule has 290 valence electrons. The van der Waals surface area contributed by atoms with Crippen LogP contribution in [0.3, 0.4) is 0 Å². The molecule has 0 spiro atoms. The van der Waals surface area contributed by atoms with E-state index < -0.39 is 58.7 Å². The molecule has 1 unspecified atom stereocenters. The zero-order chi connectivity index (χ0) is 40.1. The monoisotopic (exact) mass is 782 g/mol. The molecule has 18 heteroatoms. The van der Waals surface area contributed by atoms with Gasteiger partial charge in [0.15, 0.2) is 0 Å². The Morgan fingerprint density at radius 3 is 1.69 bits per heavy atom. The van der Waals surface area contributed by atoms with Gasteiger partial charge >= 0.3 is 0 Å². The molecule has 6 heterocycles. The minimum atomic E-state index is -1.25. The molecule has 6 rings (SSSR count). The van der Waals surface area contributed by atoms with E-state index in [2.05, 4.69) is 37.6 Å². The Hall–Kier alpha value is -4.72. The average Bonchev–Trinajstić information content (AvgIpc) is 3.84. The van der Waals surface area contributed by atoms with E-state index in [9.17, 15) is 24.3 Å². The Morgan fingerprint density at radius 1 is 0.833 bits per heavy atom. The van der Waals surface area contributed by atoms with Crippen molar-refractivity contribution >= 4 is 62.4 Å². The summed E-state index contributed by atoms with van der Waals surface area (Å²) in [5, 5.41) is 38.0. The van der Waals surface area contributed by atoms with Gasteiger partial charge in [-0.1, -0.05) is 12.7 Å². The van der Waals surface area contributed by atoms with E-state index in [0.29, 0.717) is 34.0 Å². The predicted octanol–water partition coefficient (Wildman–Crippen LogP) is 4.49. The van der Waals surface area contributed by atoms with Crippen molar-refractivity contribution in [2.24, 2.45) is 11.5 Å². The van der Waals surface area contributed by atoms with Crippen LogP contribution in [0, 0.1) is 0 Å². The molecule has 0 bridgehead atoms. The fourth-order valence-corrected chi connectivity index (χ4v) is 9.64. The molecular weight excluding hydrogens is 737 g/mol. The lowest BCUT2D eigenvalue weighted by molar-refractivity contribution is -0.136. The lowest BCUT2D eigenvalue weighted by atomic mass is 9.86. The number of fused-ring (bicyclic) bond motifs is 2. The van der Waals surface area contributed by atoms with Gasteiger partial charge in [0, 0.05) is 33.7 Å². The number of rotatable bonds is 9. The number of amides is 4. The number of H-pyrrole nitrogens is 2. The number of hydrogen-bond donors (Lipinski definition) is 8. The van der Waals surface area contributed by atoms with Crippen LogP contribution in [0.5, 0.6) is 0 Å². The van der Waals surface area contributed by atoms with Crippen molar-refractivity contribution in [3.63, 3.8) is 0 Å². The molecule has 0 saturated heterocycles. The molecule has 0 aliphatic carbocycles. The molecule has 2 aliphatic heterocycles. The maximum atomic E-state index is 12.7. The molecule has 0 aromatic carbocycles. The molecule has 4 aromatic rings. The molecule has 2 aliphatic rings. The van der Waals surface area contributed by atoms with E-state index in [1.807, 2.05) is 55.4 Å². The van der Waals surface area contributed by atoms with E-state index in [1.165, 1.54) is 41.1 Å². The van der Waals surface area contributed by atoms with Crippen LogP contribution < -0.4 is 22.1 Å². The van der Waals surface area contributed by atoms with Crippen molar-refractivity contribution in [3.8, 4) is 0 Å². The quantitative estimate of drug-likeness (QED) is 0.118. The van der Waals surface area contributed by atoms with Crippen LogP contribution in [-0.2, 0) is 33.5 Å². The third kappa shape index (κ3) is 7.89. The first-order valence-corrected chi connectivity index (χ1v) is 18.6. The minimum Gasteiger partial charge on any atom is -0.393 e. The number of thiophene rings is 2. The van der Waals surface area contributed by atoms with Gasteiger partial charge in [0.2, 0.25) is 0 Å². The third-order valence-corrected chi connectivity index (χ3v) is 11.8. The van der Waals surface area contributed by atoms with Crippen LogP contribution in [-0.4, -0.2) is 72.0 Å². The molecule has 4 aromatic heterocycles. The number of nitrogens with two attached hydrogens (primary N) is 2. The van der Waals surface area contributed by atoms with Gasteiger partial charge in [0.05, 0.1) is 52.5 Å². The van der Waals surface area contributed by atoms with Gasteiger partial charge in [-0.3, -0.25) is 29.4 Å². The molecule has 10 N–H and O–H groups in total. The number of anilines is 2. The van der Waals surface area contributed by atoms with E-state index in [1.54, 1.807) is 0 Å². The standard InChI is InChI=1S/C18H24N4O5S.C18H22N4O3S/c1-17(2)5-8-11(14(19)25)16(28-13(8)18(3,4)27-17)21-15(26)12-9(6-20-22-12)10(24)7-23;1-6-9-8-20-22-12(9)15(24)21-16-11(14(19)23)10-7-17(2,3)25-18(4,5)13(10)26-16/h6,10,23-24H,5,7H2,1-4H3,(H2,19,25)(H,20,22)(H,21,26);6,8H,1,7H2,2-5H3,(H2,19,23)(H,20,22)(H,21,24). The first kappa shape index (κ1) is 40.5. The fourth-order valence-electron chi connectivity index (χ4n) is 7.13. The summed E-state index contributed by atoms with van der Waals surface area (Å²) in [5.41, 5.74) is 12.3. The van der Waals surface area contributed by atoms with Gasteiger partial charge in [0.25, 0.3) is 23.6 Å². The second-order valence-corrected chi connectivity index (χ2v) is 17.3. The van der Waals surface area contributed by atoms with Crippen LogP contribution in [0.4, 0.5) is 10.0 Å². The molecular formula is C36H46N8O8S2. The van der Waals surface area contributed by atoms with Crippen molar-refractivity contribution in [1.82, 2.24) is 20.4 Å². The zero-order valence-electron chi connectivity index (χ0n) is 31.3. The average molecular weight is 783 g/mol. The molecule has 4 amide bonds. The highest BCUT2D eigenvalue weighted by Crippen LogP contribution is 2.49. The van der Waals surface area contributed by atoms with E-state index >= 15 is 0 Å². The topological polar surface area (TPSA) is 261 Å². The highest BCUT2D eigenvalue weighted by molar-refractivity contribution is 7.17. The third-order valence-electron chi connectivity index (χ3n) is 8.87. The Morgan fingerprint density at radius 2 is 1.26 bits per heavy atom. The second-order valence-electron chi connectivity index (χ2n) is 15.3. The number of nitrogens with zero attached hydrogens (tertiary/aromatic N) is 2. The largest absolute Gasteiger partial charge is 0.393 e. The van der Waals surface area contributed by atoms with Crippen molar-refractivity contribution in [3.05, 3.63) is 73.5 Å². The number of carbonyl (C=O) groups is 4. The summed E-state index contributed by atoms with van der Waals surface area (Å²) in [5.74, 6) is -2.21.